The second kappa shape index (κ2) is 5.52. The molecule has 1 N–H and O–H groups in total. The van der Waals surface area contributed by atoms with Crippen LogP contribution in [0.4, 0.5) is 5.69 Å². The summed E-state index contributed by atoms with van der Waals surface area (Å²) >= 11 is 0. The lowest BCUT2D eigenvalue weighted by atomic mass is 10.3. The van der Waals surface area contributed by atoms with Gasteiger partial charge in [-0.2, -0.15) is 0 Å². The highest BCUT2D eigenvalue weighted by Gasteiger charge is 2.29. The van der Waals surface area contributed by atoms with Gasteiger partial charge in [0.25, 0.3) is 5.69 Å². The average Bonchev–Trinajstić information content (AvgIpc) is 2.25. The summed E-state index contributed by atoms with van der Waals surface area (Å²) in [7, 11) is 3.31. The van der Waals surface area contributed by atoms with Crippen molar-refractivity contribution in [1.29, 1.82) is 0 Å². The van der Waals surface area contributed by atoms with Gasteiger partial charge in [-0.1, -0.05) is 12.1 Å². The molecular formula is C11H16N2O4P+. The number of hydrogen-bond acceptors (Lipinski definition) is 4. The normalized spacial score (nSPS) is 13.1. The Labute approximate surface area is 106 Å². The summed E-state index contributed by atoms with van der Waals surface area (Å²) in [6.07, 6.45) is 0. The Morgan fingerprint density at radius 2 is 1.94 bits per heavy atom. The summed E-state index contributed by atoms with van der Waals surface area (Å²) in [5.74, 6) is 0. The van der Waals surface area contributed by atoms with Gasteiger partial charge in [0.05, 0.1) is 31.4 Å². The molecule has 0 spiro atoms. The molecule has 0 bridgehead atoms. The van der Waals surface area contributed by atoms with Gasteiger partial charge in [0, 0.05) is 6.07 Å². The molecule has 1 unspecified atom stereocenters. The molecule has 0 aliphatic rings. The number of benzene rings is 1. The van der Waals surface area contributed by atoms with Crippen LogP contribution in [-0.4, -0.2) is 47.5 Å². The summed E-state index contributed by atoms with van der Waals surface area (Å²) in [6.45, 7) is 0.133. The van der Waals surface area contributed by atoms with E-state index >= 15 is 0 Å². The van der Waals surface area contributed by atoms with Gasteiger partial charge in [0.1, 0.15) is 14.7 Å². The fourth-order valence-corrected chi connectivity index (χ4v) is 2.83. The minimum atomic E-state index is -2.15. The predicted molar refractivity (Wildman–Crippen MR) is 69.8 cm³/mol. The van der Waals surface area contributed by atoms with Gasteiger partial charge in [-0.05, 0) is 6.07 Å². The molecule has 0 heterocycles. The van der Waals surface area contributed by atoms with Crippen LogP contribution in [-0.2, 0) is 4.79 Å². The number of para-hydroxylation sites is 1. The van der Waals surface area contributed by atoms with Crippen LogP contribution in [0.5, 0.6) is 0 Å². The van der Waals surface area contributed by atoms with Crippen LogP contribution in [0.3, 0.4) is 0 Å². The van der Waals surface area contributed by atoms with Gasteiger partial charge < -0.3 is 9.38 Å². The lowest BCUT2D eigenvalue weighted by Crippen LogP contribution is -2.39. The second-order valence-electron chi connectivity index (χ2n) is 4.90. The van der Waals surface area contributed by atoms with Crippen LogP contribution in [0.15, 0.2) is 24.3 Å². The van der Waals surface area contributed by atoms with Crippen molar-refractivity contribution in [3.8, 4) is 0 Å². The third-order valence-electron chi connectivity index (χ3n) is 2.15. The van der Waals surface area contributed by atoms with E-state index in [-0.39, 0.29) is 23.1 Å². The maximum Gasteiger partial charge on any atom is 0.279 e. The molecule has 1 aromatic rings. The SMILES string of the molecule is C[N+](C)(C)CC(=O)P(O)c1ccccc1[N+](=O)[O-]. The third kappa shape index (κ3) is 3.84. The minimum Gasteiger partial charge on any atom is -0.362 e. The van der Waals surface area contributed by atoms with Crippen molar-refractivity contribution in [2.75, 3.05) is 27.7 Å². The van der Waals surface area contributed by atoms with E-state index in [1.165, 1.54) is 18.2 Å². The highest BCUT2D eigenvalue weighted by atomic mass is 31.1. The molecule has 18 heavy (non-hydrogen) atoms. The molecule has 0 saturated carbocycles. The van der Waals surface area contributed by atoms with Crippen molar-refractivity contribution in [3.63, 3.8) is 0 Å². The summed E-state index contributed by atoms with van der Waals surface area (Å²) in [5, 5.41) is 10.9. The number of carbonyl (C=O) groups excluding carboxylic acids is 1. The van der Waals surface area contributed by atoms with Gasteiger partial charge in [0.15, 0.2) is 0 Å². The first-order valence-electron chi connectivity index (χ1n) is 5.28. The largest absolute Gasteiger partial charge is 0.362 e. The Balaban J connectivity index is 3.00. The van der Waals surface area contributed by atoms with Gasteiger partial charge in [-0.3, -0.25) is 14.9 Å². The van der Waals surface area contributed by atoms with E-state index in [4.69, 9.17) is 0 Å². The quantitative estimate of drug-likeness (QED) is 0.372. The number of quaternary nitrogens is 1. The van der Waals surface area contributed by atoms with E-state index in [1.807, 2.05) is 21.1 Å². The second-order valence-corrected chi connectivity index (χ2v) is 6.50. The monoisotopic (exact) mass is 271 g/mol. The van der Waals surface area contributed by atoms with Crippen LogP contribution in [0.25, 0.3) is 0 Å². The average molecular weight is 271 g/mol. The molecule has 6 nitrogen and oxygen atoms in total. The maximum atomic E-state index is 11.9. The molecule has 98 valence electrons. The number of hydrogen-bond donors (Lipinski definition) is 1. The molecule has 0 aliphatic carbocycles. The lowest BCUT2D eigenvalue weighted by Gasteiger charge is -2.23. The summed E-state index contributed by atoms with van der Waals surface area (Å²) in [5.41, 5.74) is -0.576. The number of carbonyl (C=O) groups is 1. The first-order valence-corrected chi connectivity index (χ1v) is 6.57. The Kier molecular flexibility index (Phi) is 4.51. The fraction of sp³-hybridized carbons (Fsp3) is 0.364. The number of nitrogens with zero attached hydrogens (tertiary/aromatic N) is 2. The number of likely N-dealkylation sites (N-methyl/N-ethyl adjacent to an activating group) is 1. The first-order chi connectivity index (χ1) is 8.22. The molecule has 7 heteroatoms. The van der Waals surface area contributed by atoms with Crippen LogP contribution in [0.1, 0.15) is 0 Å². The van der Waals surface area contributed by atoms with Crippen molar-refractivity contribution in [1.82, 2.24) is 0 Å². The molecule has 0 aliphatic heterocycles. The zero-order chi connectivity index (χ0) is 13.9. The van der Waals surface area contributed by atoms with E-state index in [0.717, 1.165) is 0 Å². The third-order valence-corrected chi connectivity index (χ3v) is 3.60. The van der Waals surface area contributed by atoms with Gasteiger partial charge in [-0.15, -0.1) is 0 Å². The molecule has 0 saturated heterocycles. The lowest BCUT2D eigenvalue weighted by molar-refractivity contribution is -0.861. The molecule has 0 aromatic heterocycles. The molecule has 0 fully saturated rings. The van der Waals surface area contributed by atoms with Crippen LogP contribution in [0.2, 0.25) is 0 Å². The highest BCUT2D eigenvalue weighted by molar-refractivity contribution is 7.76. The molecule has 1 aromatic carbocycles. The maximum absolute atomic E-state index is 11.9. The van der Waals surface area contributed by atoms with Gasteiger partial charge >= 0.3 is 0 Å². The molecule has 0 amide bonds. The Hall–Kier alpha value is -1.36. The van der Waals surface area contributed by atoms with Crippen molar-refractivity contribution >= 4 is 24.7 Å². The van der Waals surface area contributed by atoms with Crippen LogP contribution < -0.4 is 5.30 Å². The van der Waals surface area contributed by atoms with E-state index in [1.54, 1.807) is 6.07 Å². The minimum absolute atomic E-state index is 0.107. The molecule has 1 atom stereocenters. The smallest absolute Gasteiger partial charge is 0.279 e. The van der Waals surface area contributed by atoms with E-state index in [2.05, 4.69) is 0 Å². The summed E-state index contributed by atoms with van der Waals surface area (Å²) in [6, 6.07) is 5.81. The fourth-order valence-electron chi connectivity index (χ4n) is 1.40. The summed E-state index contributed by atoms with van der Waals surface area (Å²) < 4.78 is 0.374. The van der Waals surface area contributed by atoms with E-state index in [9.17, 15) is 19.8 Å². The van der Waals surface area contributed by atoms with Crippen molar-refractivity contribution in [2.24, 2.45) is 0 Å². The Bertz CT molecular complexity index is 470. The van der Waals surface area contributed by atoms with Gasteiger partial charge in [0.2, 0.25) is 5.52 Å². The van der Waals surface area contributed by atoms with Crippen LogP contribution in [0, 0.1) is 10.1 Å². The Morgan fingerprint density at radius 1 is 1.39 bits per heavy atom. The van der Waals surface area contributed by atoms with Crippen molar-refractivity contribution < 1.29 is 19.1 Å². The number of rotatable bonds is 5. The zero-order valence-corrected chi connectivity index (χ0v) is 11.4. The molecule has 1 rings (SSSR count). The summed E-state index contributed by atoms with van der Waals surface area (Å²) in [4.78, 5) is 32.1. The van der Waals surface area contributed by atoms with E-state index < -0.39 is 13.1 Å². The number of nitro groups is 1. The highest BCUT2D eigenvalue weighted by Crippen LogP contribution is 2.34. The van der Waals surface area contributed by atoms with Gasteiger partial charge in [-0.25, -0.2) is 0 Å². The van der Waals surface area contributed by atoms with Crippen molar-refractivity contribution in [3.05, 3.63) is 34.4 Å². The predicted octanol–water partition coefficient (Wildman–Crippen LogP) is 0.842. The standard InChI is InChI=1S/C11H16N2O4P/c1-13(2,3)8-11(14)18(17)10-7-5-4-6-9(10)12(15)16/h4-7,17H,8H2,1-3H3/q+1. The molecule has 0 radical (unpaired) electrons. The first kappa shape index (κ1) is 14.7. The zero-order valence-electron chi connectivity index (χ0n) is 10.5. The van der Waals surface area contributed by atoms with E-state index in [0.29, 0.717) is 4.48 Å². The van der Waals surface area contributed by atoms with Crippen molar-refractivity contribution in [2.45, 2.75) is 0 Å². The Morgan fingerprint density at radius 3 is 2.44 bits per heavy atom. The number of nitro benzene ring substituents is 1. The molecular weight excluding hydrogens is 255 g/mol. The topological polar surface area (TPSA) is 80.4 Å². The van der Waals surface area contributed by atoms with Crippen LogP contribution >= 0.6 is 8.15 Å².